The zero-order valence-corrected chi connectivity index (χ0v) is 9.50. The summed E-state index contributed by atoms with van der Waals surface area (Å²) in [6.45, 7) is 3.65. The van der Waals surface area contributed by atoms with Crippen molar-refractivity contribution in [1.82, 2.24) is 5.32 Å². The van der Waals surface area contributed by atoms with Crippen LogP contribution >= 0.6 is 0 Å². The highest BCUT2D eigenvalue weighted by Gasteiger charge is 2.16. The molecule has 0 saturated carbocycles. The van der Waals surface area contributed by atoms with Gasteiger partial charge in [-0.1, -0.05) is 19.1 Å². The molecule has 0 radical (unpaired) electrons. The Hall–Kier alpha value is -1.00. The fourth-order valence-electron chi connectivity index (χ4n) is 1.60. The SMILES string of the molecule is CC[C@H](CO)NC(C)c1cccc(F)c1F. The lowest BCUT2D eigenvalue weighted by Crippen LogP contribution is -2.34. The van der Waals surface area contributed by atoms with Gasteiger partial charge in [-0.15, -0.1) is 0 Å². The van der Waals surface area contributed by atoms with E-state index in [0.29, 0.717) is 0 Å². The molecule has 1 rings (SSSR count). The summed E-state index contributed by atoms with van der Waals surface area (Å²) < 4.78 is 26.4. The molecule has 0 heterocycles. The molecule has 0 bridgehead atoms. The van der Waals surface area contributed by atoms with Crippen molar-refractivity contribution in [3.8, 4) is 0 Å². The van der Waals surface area contributed by atoms with E-state index in [4.69, 9.17) is 5.11 Å². The van der Waals surface area contributed by atoms with Gasteiger partial charge in [0, 0.05) is 17.6 Å². The van der Waals surface area contributed by atoms with Gasteiger partial charge in [-0.25, -0.2) is 8.78 Å². The van der Waals surface area contributed by atoms with Crippen LogP contribution in [0.15, 0.2) is 18.2 Å². The van der Waals surface area contributed by atoms with Crippen molar-refractivity contribution in [2.24, 2.45) is 0 Å². The third kappa shape index (κ3) is 3.00. The number of hydrogen-bond donors (Lipinski definition) is 2. The second-order valence-electron chi connectivity index (χ2n) is 3.82. The number of aliphatic hydroxyl groups is 1. The minimum atomic E-state index is -0.844. The van der Waals surface area contributed by atoms with Crippen LogP contribution in [0.3, 0.4) is 0 Å². The molecular weight excluding hydrogens is 212 g/mol. The van der Waals surface area contributed by atoms with Gasteiger partial charge in [0.1, 0.15) is 0 Å². The van der Waals surface area contributed by atoms with Gasteiger partial charge in [0.2, 0.25) is 0 Å². The summed E-state index contributed by atoms with van der Waals surface area (Å²) in [5.41, 5.74) is 0.284. The lowest BCUT2D eigenvalue weighted by atomic mass is 10.1. The molecule has 0 amide bonds. The molecule has 2 atom stereocenters. The lowest BCUT2D eigenvalue weighted by molar-refractivity contribution is 0.229. The predicted octanol–water partition coefficient (Wildman–Crippen LogP) is 2.39. The number of nitrogens with one attached hydrogen (secondary N) is 1. The molecule has 2 N–H and O–H groups in total. The Bertz CT molecular complexity index is 340. The van der Waals surface area contributed by atoms with E-state index in [1.54, 1.807) is 13.0 Å². The highest BCUT2D eigenvalue weighted by Crippen LogP contribution is 2.19. The first-order valence-electron chi connectivity index (χ1n) is 5.41. The highest BCUT2D eigenvalue weighted by atomic mass is 19.2. The van der Waals surface area contributed by atoms with E-state index in [1.165, 1.54) is 6.07 Å². The standard InChI is InChI=1S/C12H17F2NO/c1-3-9(7-16)15-8(2)10-5-4-6-11(13)12(10)14/h4-6,8-9,15-16H,3,7H2,1-2H3/t8?,9-/m1/s1. The van der Waals surface area contributed by atoms with Crippen molar-refractivity contribution in [3.63, 3.8) is 0 Å². The maximum absolute atomic E-state index is 13.4. The minimum Gasteiger partial charge on any atom is -0.395 e. The van der Waals surface area contributed by atoms with Crippen molar-refractivity contribution in [3.05, 3.63) is 35.4 Å². The molecular formula is C12H17F2NO. The molecule has 1 aromatic rings. The van der Waals surface area contributed by atoms with Crippen LogP contribution in [0.5, 0.6) is 0 Å². The number of hydrogen-bond acceptors (Lipinski definition) is 2. The van der Waals surface area contributed by atoms with Gasteiger partial charge in [0.05, 0.1) is 6.61 Å². The van der Waals surface area contributed by atoms with Crippen molar-refractivity contribution in [2.75, 3.05) is 6.61 Å². The molecule has 1 aromatic carbocycles. The van der Waals surface area contributed by atoms with E-state index >= 15 is 0 Å². The van der Waals surface area contributed by atoms with Crippen LogP contribution in [-0.2, 0) is 0 Å². The molecule has 4 heteroatoms. The van der Waals surface area contributed by atoms with Crippen molar-refractivity contribution in [2.45, 2.75) is 32.4 Å². The quantitative estimate of drug-likeness (QED) is 0.812. The van der Waals surface area contributed by atoms with E-state index in [2.05, 4.69) is 5.32 Å². The number of aliphatic hydroxyl groups excluding tert-OH is 1. The van der Waals surface area contributed by atoms with Crippen LogP contribution < -0.4 is 5.32 Å². The van der Waals surface area contributed by atoms with Crippen molar-refractivity contribution < 1.29 is 13.9 Å². The van der Waals surface area contributed by atoms with E-state index in [0.717, 1.165) is 12.5 Å². The fourth-order valence-corrected chi connectivity index (χ4v) is 1.60. The minimum absolute atomic E-state index is 0.0161. The molecule has 0 saturated heterocycles. The average Bonchev–Trinajstić information content (AvgIpc) is 2.29. The summed E-state index contributed by atoms with van der Waals surface area (Å²) in [5.74, 6) is -1.67. The first-order valence-corrected chi connectivity index (χ1v) is 5.41. The van der Waals surface area contributed by atoms with E-state index in [1.807, 2.05) is 6.92 Å². The maximum Gasteiger partial charge on any atom is 0.163 e. The topological polar surface area (TPSA) is 32.3 Å². The summed E-state index contributed by atoms with van der Waals surface area (Å²) >= 11 is 0. The molecule has 0 aliphatic heterocycles. The van der Waals surface area contributed by atoms with Gasteiger partial charge in [0.25, 0.3) is 0 Å². The van der Waals surface area contributed by atoms with Crippen molar-refractivity contribution in [1.29, 1.82) is 0 Å². The maximum atomic E-state index is 13.4. The van der Waals surface area contributed by atoms with Gasteiger partial charge < -0.3 is 10.4 Å². The van der Waals surface area contributed by atoms with Gasteiger partial charge >= 0.3 is 0 Å². The second-order valence-corrected chi connectivity index (χ2v) is 3.82. The number of halogens is 2. The van der Waals surface area contributed by atoms with E-state index in [9.17, 15) is 8.78 Å². The van der Waals surface area contributed by atoms with Crippen LogP contribution in [0, 0.1) is 11.6 Å². The largest absolute Gasteiger partial charge is 0.395 e. The molecule has 0 aliphatic carbocycles. The number of benzene rings is 1. The molecule has 2 nitrogen and oxygen atoms in total. The Morgan fingerprint density at radius 3 is 2.62 bits per heavy atom. The molecule has 0 aliphatic rings. The lowest BCUT2D eigenvalue weighted by Gasteiger charge is -2.21. The fraction of sp³-hybridized carbons (Fsp3) is 0.500. The summed E-state index contributed by atoms with van der Waals surface area (Å²) in [5, 5.41) is 12.1. The van der Waals surface area contributed by atoms with E-state index < -0.39 is 11.6 Å². The smallest absolute Gasteiger partial charge is 0.163 e. The zero-order chi connectivity index (χ0) is 12.1. The number of rotatable bonds is 5. The highest BCUT2D eigenvalue weighted by molar-refractivity contribution is 5.22. The second kappa shape index (κ2) is 5.92. The van der Waals surface area contributed by atoms with Gasteiger partial charge in [-0.05, 0) is 19.4 Å². The molecule has 90 valence electrons. The molecule has 1 unspecified atom stereocenters. The Balaban J connectivity index is 2.80. The predicted molar refractivity (Wildman–Crippen MR) is 59.1 cm³/mol. The summed E-state index contributed by atoms with van der Waals surface area (Å²) in [7, 11) is 0. The first-order chi connectivity index (χ1) is 7.60. The van der Waals surface area contributed by atoms with Crippen LogP contribution in [0.25, 0.3) is 0 Å². The molecule has 16 heavy (non-hydrogen) atoms. The Kier molecular flexibility index (Phi) is 4.83. The Labute approximate surface area is 94.3 Å². The molecule has 0 spiro atoms. The van der Waals surface area contributed by atoms with E-state index in [-0.39, 0.29) is 24.3 Å². The van der Waals surface area contributed by atoms with Crippen LogP contribution in [0.2, 0.25) is 0 Å². The normalized spacial score (nSPS) is 14.8. The first kappa shape index (κ1) is 13.1. The monoisotopic (exact) mass is 229 g/mol. The summed E-state index contributed by atoms with van der Waals surface area (Å²) in [6, 6.07) is 3.69. The zero-order valence-electron chi connectivity index (χ0n) is 9.50. The van der Waals surface area contributed by atoms with Gasteiger partial charge in [-0.2, -0.15) is 0 Å². The summed E-state index contributed by atoms with van der Waals surface area (Å²) in [6.07, 6.45) is 0.734. The van der Waals surface area contributed by atoms with Gasteiger partial charge in [-0.3, -0.25) is 0 Å². The van der Waals surface area contributed by atoms with Crippen LogP contribution in [-0.4, -0.2) is 17.8 Å². The Morgan fingerprint density at radius 1 is 1.38 bits per heavy atom. The summed E-state index contributed by atoms with van der Waals surface area (Å²) in [4.78, 5) is 0. The third-order valence-electron chi connectivity index (χ3n) is 2.65. The molecule has 0 fully saturated rings. The Morgan fingerprint density at radius 2 is 2.06 bits per heavy atom. The molecule has 0 aromatic heterocycles. The van der Waals surface area contributed by atoms with Crippen LogP contribution in [0.1, 0.15) is 31.9 Å². The average molecular weight is 229 g/mol. The van der Waals surface area contributed by atoms with Crippen LogP contribution in [0.4, 0.5) is 8.78 Å². The van der Waals surface area contributed by atoms with Gasteiger partial charge in [0.15, 0.2) is 11.6 Å². The third-order valence-corrected chi connectivity index (χ3v) is 2.65. The van der Waals surface area contributed by atoms with Crippen molar-refractivity contribution >= 4 is 0 Å².